The minimum atomic E-state index is -4.49. The van der Waals surface area contributed by atoms with Crippen LogP contribution in [0, 0.1) is 17.2 Å². The third kappa shape index (κ3) is 3.85. The Hall–Kier alpha value is -1.77. The molecule has 6 heteroatoms. The van der Waals surface area contributed by atoms with Crippen LogP contribution in [-0.2, 0) is 6.18 Å². The second-order valence-corrected chi connectivity index (χ2v) is 4.71. The monoisotopic (exact) mass is 269 g/mol. The number of halogens is 3. The number of nitriles is 1. The molecule has 0 atom stereocenters. The van der Waals surface area contributed by atoms with E-state index in [1.54, 1.807) is 0 Å². The molecule has 0 bridgehead atoms. The molecule has 0 unspecified atom stereocenters. The summed E-state index contributed by atoms with van der Waals surface area (Å²) in [6, 6.07) is 3.82. The van der Waals surface area contributed by atoms with E-state index in [2.05, 4.69) is 10.3 Å². The highest BCUT2D eigenvalue weighted by Crippen LogP contribution is 2.33. The number of alkyl halides is 3. The van der Waals surface area contributed by atoms with Crippen LogP contribution in [0.2, 0.25) is 0 Å². The van der Waals surface area contributed by atoms with Crippen LogP contribution >= 0.6 is 0 Å². The van der Waals surface area contributed by atoms with Gasteiger partial charge in [0.15, 0.2) is 0 Å². The molecule has 19 heavy (non-hydrogen) atoms. The first-order valence-corrected chi connectivity index (χ1v) is 6.23. The summed E-state index contributed by atoms with van der Waals surface area (Å²) in [4.78, 5) is 3.49. The number of nitrogens with one attached hydrogen (secondary N) is 1. The Labute approximate surface area is 109 Å². The molecule has 1 aromatic rings. The molecular weight excluding hydrogens is 255 g/mol. The van der Waals surface area contributed by atoms with Crippen LogP contribution in [0.4, 0.5) is 19.0 Å². The fraction of sp³-hybridized carbons (Fsp3) is 0.538. The van der Waals surface area contributed by atoms with E-state index < -0.39 is 11.9 Å². The Morgan fingerprint density at radius 2 is 2.11 bits per heavy atom. The summed E-state index contributed by atoms with van der Waals surface area (Å²) < 4.78 is 37.6. The molecule has 1 heterocycles. The average molecular weight is 269 g/mol. The van der Waals surface area contributed by atoms with Gasteiger partial charge in [-0.1, -0.05) is 12.8 Å². The van der Waals surface area contributed by atoms with Crippen molar-refractivity contribution in [2.45, 2.75) is 31.9 Å². The number of anilines is 1. The SMILES string of the molecule is N#Cc1ccc(C(F)(F)F)nc1NCCCC1CC1. The fourth-order valence-electron chi connectivity index (χ4n) is 1.85. The molecule has 1 N–H and O–H groups in total. The zero-order valence-corrected chi connectivity index (χ0v) is 10.3. The molecular formula is C13H14F3N3. The highest BCUT2D eigenvalue weighted by molar-refractivity contribution is 5.52. The second-order valence-electron chi connectivity index (χ2n) is 4.71. The van der Waals surface area contributed by atoms with Crippen molar-refractivity contribution in [2.24, 2.45) is 5.92 Å². The number of pyridine rings is 1. The van der Waals surface area contributed by atoms with E-state index in [9.17, 15) is 13.2 Å². The summed E-state index contributed by atoms with van der Waals surface area (Å²) in [5.41, 5.74) is -0.837. The van der Waals surface area contributed by atoms with Gasteiger partial charge >= 0.3 is 6.18 Å². The molecule has 0 aliphatic heterocycles. The summed E-state index contributed by atoms with van der Waals surface area (Å²) in [7, 11) is 0. The van der Waals surface area contributed by atoms with Gasteiger partial charge in [-0.15, -0.1) is 0 Å². The number of aromatic nitrogens is 1. The van der Waals surface area contributed by atoms with Gasteiger partial charge in [0.25, 0.3) is 0 Å². The Kier molecular flexibility index (Phi) is 3.93. The first kappa shape index (κ1) is 13.7. The van der Waals surface area contributed by atoms with Crippen molar-refractivity contribution in [3.63, 3.8) is 0 Å². The lowest BCUT2D eigenvalue weighted by Gasteiger charge is -2.11. The topological polar surface area (TPSA) is 48.7 Å². The zero-order chi connectivity index (χ0) is 13.9. The third-order valence-electron chi connectivity index (χ3n) is 3.08. The van der Waals surface area contributed by atoms with E-state index in [1.165, 1.54) is 12.8 Å². The van der Waals surface area contributed by atoms with E-state index in [0.29, 0.717) is 6.54 Å². The standard InChI is InChI=1S/C13H14F3N3/c14-13(15,16)11-6-5-10(8-17)12(19-11)18-7-1-2-9-3-4-9/h5-6,9H,1-4,7H2,(H,18,19). The summed E-state index contributed by atoms with van der Waals surface area (Å²) in [5, 5.41) is 11.7. The maximum absolute atomic E-state index is 12.5. The van der Waals surface area contributed by atoms with Crippen molar-refractivity contribution in [1.29, 1.82) is 5.26 Å². The Morgan fingerprint density at radius 3 is 2.68 bits per heavy atom. The molecule has 1 aliphatic rings. The molecule has 0 amide bonds. The lowest BCUT2D eigenvalue weighted by molar-refractivity contribution is -0.141. The molecule has 1 saturated carbocycles. The quantitative estimate of drug-likeness (QED) is 0.831. The Balaban J connectivity index is 2.01. The lowest BCUT2D eigenvalue weighted by atomic mass is 10.2. The van der Waals surface area contributed by atoms with Gasteiger partial charge in [-0.05, 0) is 30.9 Å². The van der Waals surface area contributed by atoms with Gasteiger partial charge < -0.3 is 5.32 Å². The molecule has 3 nitrogen and oxygen atoms in total. The fourth-order valence-corrected chi connectivity index (χ4v) is 1.85. The number of rotatable bonds is 5. The van der Waals surface area contributed by atoms with Gasteiger partial charge in [-0.3, -0.25) is 0 Å². The molecule has 102 valence electrons. The maximum Gasteiger partial charge on any atom is 0.433 e. The van der Waals surface area contributed by atoms with Gasteiger partial charge in [-0.2, -0.15) is 18.4 Å². The van der Waals surface area contributed by atoms with Crippen molar-refractivity contribution in [3.05, 3.63) is 23.4 Å². The predicted octanol–water partition coefficient (Wildman–Crippen LogP) is 3.57. The summed E-state index contributed by atoms with van der Waals surface area (Å²) in [6.07, 6.45) is -0.0176. The first-order valence-electron chi connectivity index (χ1n) is 6.23. The summed E-state index contributed by atoms with van der Waals surface area (Å²) in [5.74, 6) is 0.805. The zero-order valence-electron chi connectivity index (χ0n) is 10.3. The van der Waals surface area contributed by atoms with E-state index in [1.807, 2.05) is 6.07 Å². The highest BCUT2D eigenvalue weighted by atomic mass is 19.4. The van der Waals surface area contributed by atoms with Crippen molar-refractivity contribution >= 4 is 5.82 Å². The van der Waals surface area contributed by atoms with E-state index in [-0.39, 0.29) is 11.4 Å². The van der Waals surface area contributed by atoms with E-state index in [0.717, 1.165) is 30.9 Å². The van der Waals surface area contributed by atoms with Crippen LogP contribution in [0.3, 0.4) is 0 Å². The smallest absolute Gasteiger partial charge is 0.369 e. The molecule has 1 aromatic heterocycles. The lowest BCUT2D eigenvalue weighted by Crippen LogP contribution is -2.12. The Bertz CT molecular complexity index is 487. The number of nitrogens with zero attached hydrogens (tertiary/aromatic N) is 2. The van der Waals surface area contributed by atoms with Crippen LogP contribution < -0.4 is 5.32 Å². The minimum absolute atomic E-state index is 0.0214. The normalized spacial score (nSPS) is 15.1. The maximum atomic E-state index is 12.5. The van der Waals surface area contributed by atoms with Crippen molar-refractivity contribution in [2.75, 3.05) is 11.9 Å². The highest BCUT2D eigenvalue weighted by Gasteiger charge is 2.33. The Morgan fingerprint density at radius 1 is 1.37 bits per heavy atom. The van der Waals surface area contributed by atoms with Crippen molar-refractivity contribution in [1.82, 2.24) is 4.98 Å². The van der Waals surface area contributed by atoms with Crippen molar-refractivity contribution < 1.29 is 13.2 Å². The third-order valence-corrected chi connectivity index (χ3v) is 3.08. The minimum Gasteiger partial charge on any atom is -0.369 e. The van der Waals surface area contributed by atoms with Gasteiger partial charge in [-0.25, -0.2) is 4.98 Å². The van der Waals surface area contributed by atoms with Gasteiger partial charge in [0.2, 0.25) is 0 Å². The van der Waals surface area contributed by atoms with Gasteiger partial charge in [0, 0.05) is 6.54 Å². The van der Waals surface area contributed by atoms with Crippen LogP contribution in [0.5, 0.6) is 0 Å². The molecule has 1 fully saturated rings. The predicted molar refractivity (Wildman–Crippen MR) is 64.4 cm³/mol. The van der Waals surface area contributed by atoms with Crippen LogP contribution in [0.15, 0.2) is 12.1 Å². The van der Waals surface area contributed by atoms with Crippen LogP contribution in [0.25, 0.3) is 0 Å². The van der Waals surface area contributed by atoms with Crippen LogP contribution in [-0.4, -0.2) is 11.5 Å². The van der Waals surface area contributed by atoms with Crippen molar-refractivity contribution in [3.8, 4) is 6.07 Å². The molecule has 0 radical (unpaired) electrons. The van der Waals surface area contributed by atoms with E-state index in [4.69, 9.17) is 5.26 Å². The van der Waals surface area contributed by atoms with E-state index >= 15 is 0 Å². The summed E-state index contributed by atoms with van der Waals surface area (Å²) in [6.45, 7) is 0.541. The number of hydrogen-bond acceptors (Lipinski definition) is 3. The molecule has 1 aliphatic carbocycles. The number of hydrogen-bond donors (Lipinski definition) is 1. The average Bonchev–Trinajstić information content (AvgIpc) is 3.17. The van der Waals surface area contributed by atoms with Crippen LogP contribution in [0.1, 0.15) is 36.9 Å². The largest absolute Gasteiger partial charge is 0.433 e. The first-order chi connectivity index (χ1) is 9.00. The molecule has 0 spiro atoms. The molecule has 0 saturated heterocycles. The van der Waals surface area contributed by atoms with Gasteiger partial charge in [0.1, 0.15) is 17.6 Å². The summed E-state index contributed by atoms with van der Waals surface area (Å²) >= 11 is 0. The van der Waals surface area contributed by atoms with Gasteiger partial charge in [0.05, 0.1) is 5.56 Å². The second kappa shape index (κ2) is 5.47. The molecule has 0 aromatic carbocycles. The molecule has 2 rings (SSSR count).